The lowest BCUT2D eigenvalue weighted by Gasteiger charge is -2.07. The largest absolute Gasteiger partial charge is 0.347 e. The first kappa shape index (κ1) is 22.9. The van der Waals surface area contributed by atoms with Crippen molar-refractivity contribution in [3.05, 3.63) is 83.3 Å². The number of rotatable bonds is 6. The fourth-order valence-electron chi connectivity index (χ4n) is 2.42. The smallest absolute Gasteiger partial charge is 0.270 e. The fourth-order valence-corrected chi connectivity index (χ4v) is 2.42. The van der Waals surface area contributed by atoms with Crippen molar-refractivity contribution in [1.82, 2.24) is 20.6 Å². The normalized spacial score (nSPS) is 10.2. The van der Waals surface area contributed by atoms with Crippen LogP contribution in [0.15, 0.2) is 60.8 Å². The molecule has 0 atom stereocenters. The molecule has 6 heteroatoms. The molecule has 3 aromatic rings. The van der Waals surface area contributed by atoms with Gasteiger partial charge in [0.05, 0.1) is 5.69 Å². The van der Waals surface area contributed by atoms with Crippen molar-refractivity contribution >= 4 is 12.2 Å². The third kappa shape index (κ3) is 7.22. The van der Waals surface area contributed by atoms with Gasteiger partial charge in [0.25, 0.3) is 5.91 Å². The van der Waals surface area contributed by atoms with Gasteiger partial charge in [-0.3, -0.25) is 14.6 Å². The van der Waals surface area contributed by atoms with Gasteiger partial charge in [0.1, 0.15) is 11.4 Å². The highest BCUT2D eigenvalue weighted by Crippen LogP contribution is 2.18. The Labute approximate surface area is 180 Å². The van der Waals surface area contributed by atoms with E-state index >= 15 is 0 Å². The zero-order chi connectivity index (χ0) is 21.9. The van der Waals surface area contributed by atoms with Crippen LogP contribution < -0.4 is 10.6 Å². The maximum atomic E-state index is 12.1. The summed E-state index contributed by atoms with van der Waals surface area (Å²) in [5, 5.41) is 5.81. The first-order valence-corrected chi connectivity index (χ1v) is 9.82. The highest BCUT2D eigenvalue weighted by atomic mass is 16.2. The molecule has 2 heterocycles. The van der Waals surface area contributed by atoms with Crippen molar-refractivity contribution in [1.29, 1.82) is 0 Å². The summed E-state index contributed by atoms with van der Waals surface area (Å²) in [6, 6.07) is 17.4. The molecular weight excluding hydrogens is 376 g/mol. The van der Waals surface area contributed by atoms with Gasteiger partial charge in [0.2, 0.25) is 0 Å². The molecule has 0 fully saturated rings. The van der Waals surface area contributed by atoms with Crippen LogP contribution in [0.5, 0.6) is 0 Å². The Morgan fingerprint density at radius 2 is 1.87 bits per heavy atom. The average Bonchev–Trinajstić information content (AvgIpc) is 2.78. The number of hydrogen-bond donors (Lipinski definition) is 2. The molecule has 0 aliphatic heterocycles. The second-order valence-electron chi connectivity index (χ2n) is 7.11. The Bertz CT molecular complexity index is 980. The molecule has 3 rings (SSSR count). The molecule has 2 aromatic heterocycles. The van der Waals surface area contributed by atoms with E-state index in [1.165, 1.54) is 5.56 Å². The van der Waals surface area contributed by atoms with Gasteiger partial charge in [-0.15, -0.1) is 0 Å². The maximum absolute atomic E-state index is 12.1. The summed E-state index contributed by atoms with van der Waals surface area (Å²) in [6.07, 6.45) is 2.36. The van der Waals surface area contributed by atoms with Crippen LogP contribution in [0.2, 0.25) is 0 Å². The van der Waals surface area contributed by atoms with Gasteiger partial charge in [-0.25, -0.2) is 4.98 Å². The Morgan fingerprint density at radius 3 is 2.47 bits per heavy atom. The molecule has 1 aromatic carbocycles. The van der Waals surface area contributed by atoms with Crippen LogP contribution in [-0.4, -0.2) is 35.3 Å². The van der Waals surface area contributed by atoms with Gasteiger partial charge >= 0.3 is 0 Å². The lowest BCUT2D eigenvalue weighted by Crippen LogP contribution is -2.24. The van der Waals surface area contributed by atoms with E-state index in [2.05, 4.69) is 40.5 Å². The van der Waals surface area contributed by atoms with E-state index in [9.17, 15) is 9.59 Å². The van der Waals surface area contributed by atoms with E-state index < -0.39 is 0 Å². The van der Waals surface area contributed by atoms with Crippen molar-refractivity contribution in [2.45, 2.75) is 33.4 Å². The molecular formula is C24H32N4O2. The number of carbonyl (C=O) groups is 2. The van der Waals surface area contributed by atoms with Crippen LogP contribution >= 0.6 is 0 Å². The number of pyridine rings is 2. The van der Waals surface area contributed by atoms with E-state index in [-0.39, 0.29) is 20.1 Å². The second kappa shape index (κ2) is 11.6. The Hall–Kier alpha value is -3.38. The standard InChI is InChI=1S/C20H17N3O2.C4H11N.2H2/c1-14-4-2-5-16(10-14)18-9-8-15(11-21-18)12-22-20(25)19-7-3-6-17(13-24)23-19;1-4(2)5-3;;/h2-11,13H,12H2,1H3,(H,22,25);4-5H,1-3H3;2*1H. The predicted octanol–water partition coefficient (Wildman–Crippen LogP) is 4.30. The lowest BCUT2D eigenvalue weighted by molar-refractivity contribution is 0.0946. The number of nitrogens with one attached hydrogen (secondary N) is 2. The third-order valence-corrected chi connectivity index (χ3v) is 4.29. The van der Waals surface area contributed by atoms with E-state index in [1.54, 1.807) is 24.4 Å². The van der Waals surface area contributed by atoms with Gasteiger partial charge in [-0.2, -0.15) is 0 Å². The van der Waals surface area contributed by atoms with Gasteiger partial charge in [0, 0.05) is 27.2 Å². The first-order chi connectivity index (χ1) is 14.4. The number of aromatic nitrogens is 2. The predicted molar refractivity (Wildman–Crippen MR) is 124 cm³/mol. The maximum Gasteiger partial charge on any atom is 0.270 e. The molecule has 160 valence electrons. The molecule has 30 heavy (non-hydrogen) atoms. The Kier molecular flexibility index (Phi) is 8.84. The number of aryl methyl sites for hydroxylation is 1. The van der Waals surface area contributed by atoms with E-state index in [4.69, 9.17) is 0 Å². The van der Waals surface area contributed by atoms with E-state index in [0.717, 1.165) is 16.8 Å². The number of benzene rings is 1. The van der Waals surface area contributed by atoms with E-state index in [1.807, 2.05) is 44.3 Å². The summed E-state index contributed by atoms with van der Waals surface area (Å²) >= 11 is 0. The second-order valence-corrected chi connectivity index (χ2v) is 7.11. The summed E-state index contributed by atoms with van der Waals surface area (Å²) in [5.74, 6) is -0.327. The van der Waals surface area contributed by atoms with Crippen LogP contribution in [-0.2, 0) is 6.54 Å². The molecule has 0 radical (unpaired) electrons. The monoisotopic (exact) mass is 408 g/mol. The summed E-state index contributed by atoms with van der Waals surface area (Å²) in [6.45, 7) is 6.61. The van der Waals surface area contributed by atoms with Crippen molar-refractivity contribution in [3.8, 4) is 11.3 Å². The molecule has 0 saturated heterocycles. The number of hydrogen-bond acceptors (Lipinski definition) is 5. The molecule has 0 saturated carbocycles. The van der Waals surface area contributed by atoms with Crippen molar-refractivity contribution < 1.29 is 12.4 Å². The van der Waals surface area contributed by atoms with Gasteiger partial charge in [0.15, 0.2) is 6.29 Å². The Morgan fingerprint density at radius 1 is 1.13 bits per heavy atom. The van der Waals surface area contributed by atoms with Crippen molar-refractivity contribution in [2.24, 2.45) is 0 Å². The molecule has 6 nitrogen and oxygen atoms in total. The molecule has 1 amide bonds. The molecule has 2 N–H and O–H groups in total. The average molecular weight is 409 g/mol. The van der Waals surface area contributed by atoms with Gasteiger partial charge in [-0.1, -0.05) is 49.7 Å². The minimum absolute atomic E-state index is 0. The summed E-state index contributed by atoms with van der Waals surface area (Å²) in [4.78, 5) is 31.3. The highest BCUT2D eigenvalue weighted by Gasteiger charge is 2.08. The summed E-state index contributed by atoms with van der Waals surface area (Å²) in [7, 11) is 1.95. The van der Waals surface area contributed by atoms with Crippen LogP contribution in [0.4, 0.5) is 0 Å². The zero-order valence-corrected chi connectivity index (χ0v) is 17.8. The first-order valence-electron chi connectivity index (χ1n) is 9.82. The van der Waals surface area contributed by atoms with E-state index in [0.29, 0.717) is 18.9 Å². The zero-order valence-electron chi connectivity index (χ0n) is 17.8. The van der Waals surface area contributed by atoms with Crippen LogP contribution in [0.3, 0.4) is 0 Å². The minimum atomic E-state index is -0.327. The molecule has 0 aliphatic rings. The van der Waals surface area contributed by atoms with Crippen LogP contribution in [0, 0.1) is 6.92 Å². The quantitative estimate of drug-likeness (QED) is 0.594. The van der Waals surface area contributed by atoms with Crippen molar-refractivity contribution in [3.63, 3.8) is 0 Å². The molecule has 0 spiro atoms. The van der Waals surface area contributed by atoms with Crippen LogP contribution in [0.1, 0.15) is 48.8 Å². The lowest BCUT2D eigenvalue weighted by atomic mass is 10.1. The number of amides is 1. The Balaban J connectivity index is 0.00000124. The number of nitrogens with zero attached hydrogens (tertiary/aromatic N) is 2. The van der Waals surface area contributed by atoms with Gasteiger partial charge < -0.3 is 10.6 Å². The highest BCUT2D eigenvalue weighted by molar-refractivity contribution is 5.92. The summed E-state index contributed by atoms with van der Waals surface area (Å²) in [5.41, 5.74) is 4.47. The SMILES string of the molecule is CNC(C)C.Cc1cccc(-c2ccc(CNC(=O)c3cccc(C=O)n3)cn2)c1.[HH].[HH]. The topological polar surface area (TPSA) is 84.0 Å². The fraction of sp³-hybridized carbons (Fsp3) is 0.250. The molecule has 0 bridgehead atoms. The minimum Gasteiger partial charge on any atom is -0.347 e. The number of aldehydes is 1. The van der Waals surface area contributed by atoms with Crippen LogP contribution in [0.25, 0.3) is 11.3 Å². The van der Waals surface area contributed by atoms with Gasteiger partial charge in [-0.05, 0) is 43.8 Å². The molecule has 0 unspecified atom stereocenters. The molecule has 0 aliphatic carbocycles. The third-order valence-electron chi connectivity index (χ3n) is 4.29. The summed E-state index contributed by atoms with van der Waals surface area (Å²) < 4.78 is 0. The van der Waals surface area contributed by atoms with Crippen molar-refractivity contribution in [2.75, 3.05) is 7.05 Å². The number of carbonyl (C=O) groups excluding carboxylic acids is 2.